The van der Waals surface area contributed by atoms with Gasteiger partial charge in [-0.2, -0.15) is 8.42 Å². The van der Waals surface area contributed by atoms with Crippen molar-refractivity contribution < 1.29 is 22.2 Å². The maximum atomic E-state index is 15.1. The van der Waals surface area contributed by atoms with Gasteiger partial charge >= 0.3 is 0 Å². The van der Waals surface area contributed by atoms with Gasteiger partial charge in [0.1, 0.15) is 5.69 Å². The minimum absolute atomic E-state index is 0.0708. The number of hydrogen-bond donors (Lipinski definition) is 2. The monoisotopic (exact) mass is 436 g/mol. The predicted molar refractivity (Wildman–Crippen MR) is 114 cm³/mol. The van der Waals surface area contributed by atoms with Crippen molar-refractivity contribution in [1.82, 2.24) is 9.38 Å². The topological polar surface area (TPSA) is 118 Å². The molecule has 3 rings (SSSR count). The smallest absolute Gasteiger partial charge is 0.261 e. The minimum Gasteiger partial charge on any atom is -0.366 e. The van der Waals surface area contributed by atoms with E-state index in [9.17, 15) is 13.2 Å². The highest BCUT2D eigenvalue weighted by Gasteiger charge is 2.19. The van der Waals surface area contributed by atoms with E-state index in [0.29, 0.717) is 17.0 Å². The fourth-order valence-electron chi connectivity index (χ4n) is 2.99. The number of anilines is 1. The van der Waals surface area contributed by atoms with E-state index in [0.717, 1.165) is 28.1 Å². The maximum Gasteiger partial charge on any atom is 0.261 e. The van der Waals surface area contributed by atoms with Crippen molar-refractivity contribution in [3.8, 4) is 0 Å². The predicted octanol–water partition coefficient (Wildman–Crippen LogP) is 3.06. The first-order valence-electron chi connectivity index (χ1n) is 8.99. The lowest BCUT2D eigenvalue weighted by Gasteiger charge is -2.18. The minimum atomic E-state index is -3.67. The van der Waals surface area contributed by atoms with E-state index in [-0.39, 0.29) is 17.8 Å². The van der Waals surface area contributed by atoms with Gasteiger partial charge in [0, 0.05) is 11.9 Å². The van der Waals surface area contributed by atoms with Gasteiger partial charge in [0.2, 0.25) is 5.91 Å². The van der Waals surface area contributed by atoms with Crippen molar-refractivity contribution in [2.24, 2.45) is 5.73 Å². The third-order valence-electron chi connectivity index (χ3n) is 4.66. The van der Waals surface area contributed by atoms with Crippen LogP contribution in [0.3, 0.4) is 0 Å². The molecule has 0 bridgehead atoms. The van der Waals surface area contributed by atoms with Crippen molar-refractivity contribution in [3.63, 3.8) is 0 Å². The van der Waals surface area contributed by atoms with E-state index in [2.05, 4.69) is 4.98 Å². The van der Waals surface area contributed by atoms with Crippen LogP contribution in [0, 0.1) is 27.7 Å². The number of carbonyl (C=O) groups is 1. The van der Waals surface area contributed by atoms with Crippen LogP contribution in [0.5, 0.6) is 0 Å². The molecule has 1 amide bonds. The third-order valence-corrected chi connectivity index (χ3v) is 4.66. The van der Waals surface area contributed by atoms with Crippen LogP contribution in [0.2, 0.25) is 0 Å². The average molecular weight is 437 g/mol. The highest BCUT2D eigenvalue weighted by Crippen LogP contribution is 2.28. The molecule has 162 valence electrons. The summed E-state index contributed by atoms with van der Waals surface area (Å²) < 4.78 is 42.7. The van der Waals surface area contributed by atoms with Crippen molar-refractivity contribution in [1.29, 1.82) is 0 Å². The lowest BCUT2D eigenvalue weighted by atomic mass is 10.0. The first-order valence-corrected chi connectivity index (χ1v) is 10.8. The highest BCUT2D eigenvalue weighted by atomic mass is 32.2. The molecule has 2 heterocycles. The van der Waals surface area contributed by atoms with E-state index in [1.165, 1.54) is 6.07 Å². The van der Waals surface area contributed by atoms with Gasteiger partial charge in [0.05, 0.1) is 24.1 Å². The van der Waals surface area contributed by atoms with E-state index in [4.69, 9.17) is 10.3 Å². The Balaban J connectivity index is 0.000000575. The molecule has 3 aromatic rings. The third kappa shape index (κ3) is 5.55. The second kappa shape index (κ2) is 8.80. The van der Waals surface area contributed by atoms with Gasteiger partial charge in [-0.3, -0.25) is 9.35 Å². The number of aryl methyl sites for hydroxylation is 4. The summed E-state index contributed by atoms with van der Waals surface area (Å²) in [5, 5.41) is 0.628. The van der Waals surface area contributed by atoms with E-state index in [1.54, 1.807) is 10.6 Å². The molecule has 8 nitrogen and oxygen atoms in total. The van der Waals surface area contributed by atoms with Crippen LogP contribution in [0.15, 0.2) is 30.5 Å². The molecule has 0 aliphatic rings. The van der Waals surface area contributed by atoms with Crippen LogP contribution >= 0.6 is 0 Å². The summed E-state index contributed by atoms with van der Waals surface area (Å²) in [7, 11) is -3.67. The molecule has 0 radical (unpaired) electrons. The highest BCUT2D eigenvalue weighted by molar-refractivity contribution is 7.85. The lowest BCUT2D eigenvalue weighted by Crippen LogP contribution is -2.17. The Hall–Kier alpha value is -2.98. The summed E-state index contributed by atoms with van der Waals surface area (Å²) in [6.45, 7) is 7.70. The molecule has 2 aromatic heterocycles. The largest absolute Gasteiger partial charge is 0.366 e. The molecule has 0 saturated heterocycles. The summed E-state index contributed by atoms with van der Waals surface area (Å²) in [6, 6.07) is 7.31. The molecule has 3 N–H and O–H groups in total. The number of benzene rings is 1. The van der Waals surface area contributed by atoms with Crippen LogP contribution in [-0.2, 0) is 16.7 Å². The van der Waals surface area contributed by atoms with Crippen molar-refractivity contribution in [3.05, 3.63) is 64.1 Å². The Labute approximate surface area is 174 Å². The standard InChI is InChI=1S/C19H21FN4O.CH4O3S/c1-11-6-5-7-12(2)16(11)10-24(20)17-8-15(18(21)25)9-23-14(4)13(3)22-19(17)23;1-5(2,3)4/h5-9H,10H2,1-4H3,(H2,21,25);1H3,(H,2,3,4). The fraction of sp³-hybridized carbons (Fsp3) is 0.300. The van der Waals surface area contributed by atoms with Gasteiger partial charge in [0.15, 0.2) is 5.65 Å². The molecule has 10 heteroatoms. The van der Waals surface area contributed by atoms with Gasteiger partial charge in [-0.15, -0.1) is 0 Å². The normalized spacial score (nSPS) is 11.2. The molecule has 0 aliphatic heterocycles. The summed E-state index contributed by atoms with van der Waals surface area (Å²) in [5.74, 6) is -0.602. The molecular weight excluding hydrogens is 411 g/mol. The molecular formula is C20H25FN4O4S. The van der Waals surface area contributed by atoms with Crippen LogP contribution in [0.1, 0.15) is 38.4 Å². The number of pyridine rings is 1. The number of primary amides is 1. The van der Waals surface area contributed by atoms with Crippen LogP contribution in [0.25, 0.3) is 5.65 Å². The number of fused-ring (bicyclic) bond motifs is 1. The Kier molecular flexibility index (Phi) is 6.84. The Morgan fingerprint density at radius 3 is 2.27 bits per heavy atom. The summed E-state index contributed by atoms with van der Waals surface area (Å²) in [6.07, 6.45) is 2.32. The van der Waals surface area contributed by atoms with Crippen molar-refractivity contribution >= 4 is 27.4 Å². The Morgan fingerprint density at radius 2 is 1.77 bits per heavy atom. The number of carbonyl (C=O) groups excluding carboxylic acids is 1. The fourth-order valence-corrected chi connectivity index (χ4v) is 2.99. The van der Waals surface area contributed by atoms with E-state index in [1.807, 2.05) is 45.9 Å². The van der Waals surface area contributed by atoms with Gasteiger partial charge in [-0.05, 0) is 50.5 Å². The number of imidazole rings is 1. The average Bonchev–Trinajstić information content (AvgIpc) is 2.90. The summed E-state index contributed by atoms with van der Waals surface area (Å²) >= 11 is 0. The first-order chi connectivity index (χ1) is 13.8. The second-order valence-electron chi connectivity index (χ2n) is 7.08. The Morgan fingerprint density at radius 1 is 1.23 bits per heavy atom. The molecule has 0 spiro atoms. The number of aromatic nitrogens is 2. The second-order valence-corrected chi connectivity index (χ2v) is 8.54. The van der Waals surface area contributed by atoms with Crippen molar-refractivity contribution in [2.45, 2.75) is 34.2 Å². The number of nitrogens with zero attached hydrogens (tertiary/aromatic N) is 3. The van der Waals surface area contributed by atoms with Gasteiger partial charge in [-0.1, -0.05) is 22.7 Å². The number of rotatable bonds is 4. The molecule has 0 unspecified atom stereocenters. The SMILES string of the molecule is CS(=O)(=O)O.Cc1cccc(C)c1CN(F)c1cc(C(N)=O)cn2c(C)c(C)nc12. The molecule has 30 heavy (non-hydrogen) atoms. The molecule has 1 aromatic carbocycles. The zero-order chi connectivity index (χ0) is 22.8. The Bertz CT molecular complexity index is 1180. The maximum absolute atomic E-state index is 15.1. The van der Waals surface area contributed by atoms with Crippen LogP contribution in [0.4, 0.5) is 10.2 Å². The zero-order valence-electron chi connectivity index (χ0n) is 17.5. The van der Waals surface area contributed by atoms with Crippen LogP contribution in [-0.4, -0.2) is 34.5 Å². The molecule has 0 atom stereocenters. The molecule has 0 aliphatic carbocycles. The quantitative estimate of drug-likeness (QED) is 0.479. The molecule has 0 fully saturated rings. The summed E-state index contributed by atoms with van der Waals surface area (Å²) in [5.41, 5.74) is 10.9. The van der Waals surface area contributed by atoms with Crippen molar-refractivity contribution in [2.75, 3.05) is 11.4 Å². The molecule has 0 saturated carbocycles. The van der Waals surface area contributed by atoms with Gasteiger partial charge < -0.3 is 10.1 Å². The van der Waals surface area contributed by atoms with Gasteiger partial charge in [0.25, 0.3) is 10.1 Å². The lowest BCUT2D eigenvalue weighted by molar-refractivity contribution is 0.1000. The zero-order valence-corrected chi connectivity index (χ0v) is 18.3. The number of amides is 1. The summed E-state index contributed by atoms with van der Waals surface area (Å²) in [4.78, 5) is 16.1. The van der Waals surface area contributed by atoms with E-state index >= 15 is 4.48 Å². The van der Waals surface area contributed by atoms with Crippen LogP contribution < -0.4 is 10.9 Å². The number of hydrogen-bond acceptors (Lipinski definition) is 5. The van der Waals surface area contributed by atoms with Gasteiger partial charge in [-0.25, -0.2) is 10.1 Å². The number of nitrogens with two attached hydrogens (primary N) is 1. The van der Waals surface area contributed by atoms with E-state index < -0.39 is 16.0 Å². The number of halogens is 1. The first kappa shape index (κ1) is 23.3.